The summed E-state index contributed by atoms with van der Waals surface area (Å²) in [5.41, 5.74) is 3.23. The van der Waals surface area contributed by atoms with Gasteiger partial charge in [-0.25, -0.2) is 9.97 Å². The van der Waals surface area contributed by atoms with Crippen molar-refractivity contribution < 1.29 is 4.79 Å². The predicted octanol–water partition coefficient (Wildman–Crippen LogP) is 5.29. The number of nitrogens with zero attached hydrogens (tertiary/aromatic N) is 3. The number of benzene rings is 2. The number of carbonyl (C=O) groups is 1. The van der Waals surface area contributed by atoms with Crippen LogP contribution in [-0.2, 0) is 17.6 Å². The first kappa shape index (κ1) is 19.4. The second-order valence-corrected chi connectivity index (χ2v) is 9.75. The molecule has 2 aromatic carbocycles. The average Bonchev–Trinajstić information content (AvgIpc) is 3.41. The van der Waals surface area contributed by atoms with E-state index in [1.807, 2.05) is 34.5 Å². The predicted molar refractivity (Wildman–Crippen MR) is 123 cm³/mol. The van der Waals surface area contributed by atoms with Crippen LogP contribution in [0.15, 0.2) is 60.0 Å². The van der Waals surface area contributed by atoms with Crippen LogP contribution in [0, 0.1) is 0 Å². The van der Waals surface area contributed by atoms with E-state index in [1.54, 1.807) is 22.7 Å². The second kappa shape index (κ2) is 8.66. The van der Waals surface area contributed by atoms with Crippen LogP contribution >= 0.6 is 22.7 Å². The minimum atomic E-state index is 0.189. The average molecular weight is 434 g/mol. The van der Waals surface area contributed by atoms with Crippen molar-refractivity contribution in [3.63, 3.8) is 0 Å². The number of thiazole rings is 2. The first-order valence-corrected chi connectivity index (χ1v) is 12.0. The van der Waals surface area contributed by atoms with Crippen molar-refractivity contribution in [3.05, 3.63) is 81.2 Å². The molecule has 2 aromatic heterocycles. The maximum atomic E-state index is 12.8. The molecule has 5 rings (SSSR count). The summed E-state index contributed by atoms with van der Waals surface area (Å²) in [7, 11) is 0. The summed E-state index contributed by atoms with van der Waals surface area (Å²) in [4.78, 5) is 24.3. The molecular weight excluding hydrogens is 410 g/mol. The topological polar surface area (TPSA) is 46.1 Å². The molecule has 0 atom stereocenters. The second-order valence-electron chi connectivity index (χ2n) is 7.75. The van der Waals surface area contributed by atoms with Gasteiger partial charge in [0.25, 0.3) is 0 Å². The Morgan fingerprint density at radius 2 is 1.77 bits per heavy atom. The van der Waals surface area contributed by atoms with Crippen molar-refractivity contribution in [1.82, 2.24) is 14.9 Å². The van der Waals surface area contributed by atoms with E-state index in [0.29, 0.717) is 12.3 Å². The maximum Gasteiger partial charge on any atom is 0.228 e. The molecule has 4 aromatic rings. The fourth-order valence-electron chi connectivity index (χ4n) is 3.99. The van der Waals surface area contributed by atoms with E-state index in [9.17, 15) is 4.79 Å². The van der Waals surface area contributed by atoms with Crippen LogP contribution in [0.3, 0.4) is 0 Å². The van der Waals surface area contributed by atoms with Crippen LogP contribution in [0.2, 0.25) is 0 Å². The Bertz CT molecular complexity index is 1110. The molecule has 0 spiro atoms. The number of hydrogen-bond acceptors (Lipinski definition) is 5. The lowest BCUT2D eigenvalue weighted by Crippen LogP contribution is -2.38. The van der Waals surface area contributed by atoms with E-state index >= 15 is 0 Å². The van der Waals surface area contributed by atoms with Crippen LogP contribution in [0.4, 0.5) is 0 Å². The van der Waals surface area contributed by atoms with Gasteiger partial charge >= 0.3 is 0 Å². The molecule has 1 saturated heterocycles. The Hall–Kier alpha value is -2.57. The molecule has 0 aliphatic carbocycles. The number of piperidine rings is 1. The maximum absolute atomic E-state index is 12.8. The van der Waals surface area contributed by atoms with Gasteiger partial charge in [0.2, 0.25) is 5.91 Å². The highest BCUT2D eigenvalue weighted by Gasteiger charge is 2.26. The lowest BCUT2D eigenvalue weighted by molar-refractivity contribution is -0.131. The lowest BCUT2D eigenvalue weighted by Gasteiger charge is -2.31. The number of aromatic nitrogens is 2. The Balaban J connectivity index is 1.16. The largest absolute Gasteiger partial charge is 0.342 e. The van der Waals surface area contributed by atoms with Gasteiger partial charge in [0.15, 0.2) is 0 Å². The lowest BCUT2D eigenvalue weighted by atomic mass is 9.97. The highest BCUT2D eigenvalue weighted by Crippen LogP contribution is 2.34. The first-order chi connectivity index (χ1) is 14.7. The summed E-state index contributed by atoms with van der Waals surface area (Å²) in [6, 6.07) is 18.7. The summed E-state index contributed by atoms with van der Waals surface area (Å²) in [6.45, 7) is 1.61. The normalized spacial score (nSPS) is 15.0. The molecule has 1 aliphatic rings. The van der Waals surface area contributed by atoms with Crippen molar-refractivity contribution in [1.29, 1.82) is 0 Å². The number of likely N-dealkylation sites (tertiary alicyclic amines) is 1. The summed E-state index contributed by atoms with van der Waals surface area (Å²) < 4.78 is 1.25. The highest BCUT2D eigenvalue weighted by molar-refractivity contribution is 7.18. The van der Waals surface area contributed by atoms with E-state index in [0.717, 1.165) is 48.6 Å². The third-order valence-corrected chi connectivity index (χ3v) is 7.73. The van der Waals surface area contributed by atoms with E-state index in [1.165, 1.54) is 15.3 Å². The van der Waals surface area contributed by atoms with Gasteiger partial charge in [-0.05, 0) is 30.5 Å². The highest BCUT2D eigenvalue weighted by atomic mass is 32.1. The molecule has 3 heterocycles. The van der Waals surface area contributed by atoms with Gasteiger partial charge in [-0.3, -0.25) is 4.79 Å². The number of fused-ring (bicyclic) bond motifs is 1. The Kier molecular flexibility index (Phi) is 5.60. The summed E-state index contributed by atoms with van der Waals surface area (Å²) >= 11 is 3.44. The fourth-order valence-corrected chi connectivity index (χ4v) is 5.95. The monoisotopic (exact) mass is 433 g/mol. The van der Waals surface area contributed by atoms with E-state index in [4.69, 9.17) is 4.98 Å². The Labute approximate surface area is 184 Å². The molecule has 0 unspecified atom stereocenters. The molecule has 30 heavy (non-hydrogen) atoms. The smallest absolute Gasteiger partial charge is 0.228 e. The molecule has 0 bridgehead atoms. The van der Waals surface area contributed by atoms with E-state index < -0.39 is 0 Å². The van der Waals surface area contributed by atoms with Crippen molar-refractivity contribution in [2.75, 3.05) is 13.1 Å². The van der Waals surface area contributed by atoms with Crippen LogP contribution in [-0.4, -0.2) is 33.9 Å². The zero-order valence-electron chi connectivity index (χ0n) is 16.7. The summed E-state index contributed by atoms with van der Waals surface area (Å²) in [5, 5.41) is 4.32. The summed E-state index contributed by atoms with van der Waals surface area (Å²) in [6.07, 6.45) is 3.20. The molecule has 6 heteroatoms. The SMILES string of the molecule is O=C(Cc1csc(Cc2ccccc2)n1)N1CCC(c2nc3ccccc3s2)CC1. The molecule has 0 saturated carbocycles. The quantitative estimate of drug-likeness (QED) is 0.429. The van der Waals surface area contributed by atoms with Gasteiger partial charge in [0.1, 0.15) is 0 Å². The molecule has 1 fully saturated rings. The van der Waals surface area contributed by atoms with Crippen molar-refractivity contribution in [2.24, 2.45) is 0 Å². The number of hydrogen-bond donors (Lipinski definition) is 0. The van der Waals surface area contributed by atoms with E-state index in [-0.39, 0.29) is 5.91 Å². The van der Waals surface area contributed by atoms with Crippen LogP contribution in [0.25, 0.3) is 10.2 Å². The fraction of sp³-hybridized carbons (Fsp3) is 0.292. The summed E-state index contributed by atoms with van der Waals surface area (Å²) in [5.74, 6) is 0.650. The number of para-hydroxylation sites is 1. The van der Waals surface area contributed by atoms with Crippen LogP contribution in [0.5, 0.6) is 0 Å². The molecule has 0 radical (unpaired) electrons. The minimum absolute atomic E-state index is 0.189. The Morgan fingerprint density at radius 1 is 1.00 bits per heavy atom. The third-order valence-electron chi connectivity index (χ3n) is 5.64. The van der Waals surface area contributed by atoms with Gasteiger partial charge in [0.05, 0.1) is 32.3 Å². The third kappa shape index (κ3) is 4.30. The minimum Gasteiger partial charge on any atom is -0.342 e. The van der Waals surface area contributed by atoms with Crippen molar-refractivity contribution in [2.45, 2.75) is 31.6 Å². The van der Waals surface area contributed by atoms with Crippen LogP contribution in [0.1, 0.15) is 40.0 Å². The Morgan fingerprint density at radius 3 is 2.57 bits per heavy atom. The number of carbonyl (C=O) groups excluding carboxylic acids is 1. The van der Waals surface area contributed by atoms with Gasteiger partial charge < -0.3 is 4.90 Å². The van der Waals surface area contributed by atoms with Crippen molar-refractivity contribution in [3.8, 4) is 0 Å². The van der Waals surface area contributed by atoms with Gasteiger partial charge in [-0.2, -0.15) is 0 Å². The molecule has 1 amide bonds. The number of rotatable bonds is 5. The van der Waals surface area contributed by atoms with Gasteiger partial charge in [-0.15, -0.1) is 22.7 Å². The zero-order chi connectivity index (χ0) is 20.3. The molecule has 4 nitrogen and oxygen atoms in total. The zero-order valence-corrected chi connectivity index (χ0v) is 18.3. The first-order valence-electron chi connectivity index (χ1n) is 10.3. The van der Waals surface area contributed by atoms with Crippen LogP contribution < -0.4 is 0 Å². The molecule has 152 valence electrons. The number of amides is 1. The van der Waals surface area contributed by atoms with Gasteiger partial charge in [-0.1, -0.05) is 42.5 Å². The molecular formula is C24H23N3OS2. The molecule has 0 N–H and O–H groups in total. The van der Waals surface area contributed by atoms with E-state index in [2.05, 4.69) is 35.3 Å². The standard InChI is InChI=1S/C24H23N3OS2/c28-23(15-19-16-29-22(25-19)14-17-6-2-1-3-7-17)27-12-10-18(11-13-27)24-26-20-8-4-5-9-21(20)30-24/h1-9,16,18H,10-15H2. The van der Waals surface area contributed by atoms with Crippen molar-refractivity contribution >= 4 is 38.8 Å². The molecule has 1 aliphatic heterocycles. The van der Waals surface area contributed by atoms with Gasteiger partial charge in [0, 0.05) is 30.8 Å².